The molecule has 0 unspecified atom stereocenters. The maximum Gasteiger partial charge on any atom is 0.221 e. The number of amides is 1. The molecule has 1 amide bonds. The average molecular weight is 216 g/mol. The van der Waals surface area contributed by atoms with Gasteiger partial charge in [0.05, 0.1) is 6.07 Å². The summed E-state index contributed by atoms with van der Waals surface area (Å²) in [5.74, 6) is -0.0876. The molecule has 0 saturated carbocycles. The lowest BCUT2D eigenvalue weighted by Crippen LogP contribution is -2.42. The summed E-state index contributed by atoms with van der Waals surface area (Å²) in [6.07, 6.45) is 1.11. The van der Waals surface area contributed by atoms with Gasteiger partial charge in [-0.15, -0.1) is 0 Å². The van der Waals surface area contributed by atoms with Gasteiger partial charge in [-0.1, -0.05) is 30.3 Å². The van der Waals surface area contributed by atoms with Gasteiger partial charge in [0.2, 0.25) is 5.91 Å². The van der Waals surface area contributed by atoms with E-state index in [1.165, 1.54) is 0 Å². The van der Waals surface area contributed by atoms with Crippen molar-refractivity contribution in [1.82, 2.24) is 5.32 Å². The van der Waals surface area contributed by atoms with Crippen LogP contribution < -0.4 is 5.32 Å². The molecule has 1 aromatic carbocycles. The Kier molecular flexibility index (Phi) is 4.07. The normalized spacial score (nSPS) is 10.6. The molecule has 3 nitrogen and oxygen atoms in total. The second kappa shape index (κ2) is 5.32. The van der Waals surface area contributed by atoms with Crippen LogP contribution in [0, 0.1) is 11.3 Å². The zero-order chi connectivity index (χ0) is 12.0. The van der Waals surface area contributed by atoms with Gasteiger partial charge in [0.15, 0.2) is 0 Å². The summed E-state index contributed by atoms with van der Waals surface area (Å²) in [4.78, 5) is 11.5. The maximum absolute atomic E-state index is 11.5. The van der Waals surface area contributed by atoms with E-state index in [1.54, 1.807) is 13.8 Å². The van der Waals surface area contributed by atoms with Gasteiger partial charge in [0.25, 0.3) is 0 Å². The van der Waals surface area contributed by atoms with Crippen LogP contribution in [0.2, 0.25) is 0 Å². The number of rotatable bonds is 4. The van der Waals surface area contributed by atoms with Crippen molar-refractivity contribution in [3.05, 3.63) is 35.9 Å². The molecule has 0 aliphatic carbocycles. The summed E-state index contributed by atoms with van der Waals surface area (Å²) >= 11 is 0. The molecule has 0 saturated heterocycles. The first-order valence-electron chi connectivity index (χ1n) is 5.30. The Balaban J connectivity index is 2.40. The minimum atomic E-state index is -0.784. The van der Waals surface area contributed by atoms with E-state index in [4.69, 9.17) is 5.26 Å². The Hall–Kier alpha value is -1.82. The molecule has 0 atom stereocenters. The number of nitrogens with zero attached hydrogens (tertiary/aromatic N) is 1. The van der Waals surface area contributed by atoms with Crippen LogP contribution >= 0.6 is 0 Å². The van der Waals surface area contributed by atoms with E-state index in [0.717, 1.165) is 5.56 Å². The van der Waals surface area contributed by atoms with E-state index in [9.17, 15) is 4.79 Å². The van der Waals surface area contributed by atoms with Crippen LogP contribution in [0.3, 0.4) is 0 Å². The van der Waals surface area contributed by atoms with E-state index >= 15 is 0 Å². The Morgan fingerprint density at radius 3 is 2.56 bits per heavy atom. The zero-order valence-electron chi connectivity index (χ0n) is 9.66. The largest absolute Gasteiger partial charge is 0.338 e. The minimum Gasteiger partial charge on any atom is -0.338 e. The fourth-order valence-corrected chi connectivity index (χ4v) is 1.34. The average Bonchev–Trinajstić information content (AvgIpc) is 2.27. The van der Waals surface area contributed by atoms with Crippen molar-refractivity contribution in [1.29, 1.82) is 5.26 Å². The third-order valence-corrected chi connectivity index (χ3v) is 2.21. The van der Waals surface area contributed by atoms with Gasteiger partial charge in [0, 0.05) is 6.42 Å². The highest BCUT2D eigenvalue weighted by atomic mass is 16.1. The molecule has 1 rings (SSSR count). The second-order valence-corrected chi connectivity index (χ2v) is 4.27. The van der Waals surface area contributed by atoms with Crippen molar-refractivity contribution in [3.8, 4) is 6.07 Å². The Morgan fingerprint density at radius 1 is 1.38 bits per heavy atom. The summed E-state index contributed by atoms with van der Waals surface area (Å²) in [6.45, 7) is 3.38. The number of carbonyl (C=O) groups is 1. The maximum atomic E-state index is 11.5. The molecule has 1 N–H and O–H groups in total. The number of benzene rings is 1. The molecule has 0 aliphatic rings. The minimum absolute atomic E-state index is 0.0876. The molecule has 1 aromatic rings. The third kappa shape index (κ3) is 4.14. The molecular formula is C13H16N2O. The summed E-state index contributed by atoms with van der Waals surface area (Å²) in [6, 6.07) is 11.9. The van der Waals surface area contributed by atoms with Crippen molar-refractivity contribution < 1.29 is 4.79 Å². The van der Waals surface area contributed by atoms with Crippen LogP contribution in [-0.2, 0) is 11.2 Å². The van der Waals surface area contributed by atoms with Crippen molar-refractivity contribution in [3.63, 3.8) is 0 Å². The summed E-state index contributed by atoms with van der Waals surface area (Å²) in [5.41, 5.74) is 0.348. The van der Waals surface area contributed by atoms with Crippen molar-refractivity contribution >= 4 is 5.91 Å². The topological polar surface area (TPSA) is 52.9 Å². The predicted octanol–water partition coefficient (Wildman–Crippen LogP) is 2.04. The van der Waals surface area contributed by atoms with Gasteiger partial charge in [-0.25, -0.2) is 0 Å². The molecule has 0 heterocycles. The number of carbonyl (C=O) groups excluding carboxylic acids is 1. The quantitative estimate of drug-likeness (QED) is 0.837. The first-order valence-corrected chi connectivity index (χ1v) is 5.30. The Labute approximate surface area is 96.1 Å². The van der Waals surface area contributed by atoms with E-state index < -0.39 is 5.54 Å². The van der Waals surface area contributed by atoms with Crippen LogP contribution in [0.4, 0.5) is 0 Å². The van der Waals surface area contributed by atoms with Crippen molar-refractivity contribution in [2.24, 2.45) is 0 Å². The lowest BCUT2D eigenvalue weighted by Gasteiger charge is -2.17. The van der Waals surface area contributed by atoms with Crippen LogP contribution in [-0.4, -0.2) is 11.4 Å². The molecule has 0 aliphatic heterocycles. The predicted molar refractivity (Wildman–Crippen MR) is 62.6 cm³/mol. The van der Waals surface area contributed by atoms with Crippen molar-refractivity contribution in [2.75, 3.05) is 0 Å². The second-order valence-electron chi connectivity index (χ2n) is 4.27. The van der Waals surface area contributed by atoms with E-state index in [0.29, 0.717) is 12.8 Å². The summed E-state index contributed by atoms with van der Waals surface area (Å²) in [7, 11) is 0. The fraction of sp³-hybridized carbons (Fsp3) is 0.385. The molecule has 0 aromatic heterocycles. The van der Waals surface area contributed by atoms with Crippen LogP contribution in [0.5, 0.6) is 0 Å². The summed E-state index contributed by atoms with van der Waals surface area (Å²) < 4.78 is 0. The van der Waals surface area contributed by atoms with Crippen LogP contribution in [0.1, 0.15) is 25.8 Å². The Bertz CT molecular complexity index is 390. The highest BCUT2D eigenvalue weighted by Crippen LogP contribution is 2.04. The SMILES string of the molecule is CC(C)(C#N)NC(=O)CCc1ccccc1. The van der Waals surface area contributed by atoms with Crippen LogP contribution in [0.25, 0.3) is 0 Å². The monoisotopic (exact) mass is 216 g/mol. The molecule has 0 spiro atoms. The molecule has 84 valence electrons. The van der Waals surface area contributed by atoms with Gasteiger partial charge in [0.1, 0.15) is 5.54 Å². The van der Waals surface area contributed by atoms with Crippen molar-refractivity contribution in [2.45, 2.75) is 32.2 Å². The summed E-state index contributed by atoms with van der Waals surface area (Å²) in [5, 5.41) is 11.4. The number of nitrogens with one attached hydrogen (secondary N) is 1. The lowest BCUT2D eigenvalue weighted by atomic mass is 10.1. The molecule has 0 radical (unpaired) electrons. The van der Waals surface area contributed by atoms with E-state index in [1.807, 2.05) is 36.4 Å². The highest BCUT2D eigenvalue weighted by molar-refractivity contribution is 5.77. The van der Waals surface area contributed by atoms with Gasteiger partial charge >= 0.3 is 0 Å². The van der Waals surface area contributed by atoms with E-state index in [2.05, 4.69) is 5.32 Å². The van der Waals surface area contributed by atoms with Gasteiger partial charge in [-0.3, -0.25) is 4.79 Å². The highest BCUT2D eigenvalue weighted by Gasteiger charge is 2.18. The fourth-order valence-electron chi connectivity index (χ4n) is 1.34. The standard InChI is InChI=1S/C13H16N2O/c1-13(2,10-14)15-12(16)9-8-11-6-4-3-5-7-11/h3-7H,8-9H2,1-2H3,(H,15,16). The number of nitriles is 1. The third-order valence-electron chi connectivity index (χ3n) is 2.21. The zero-order valence-corrected chi connectivity index (χ0v) is 9.66. The lowest BCUT2D eigenvalue weighted by molar-refractivity contribution is -0.122. The number of hydrogen-bond acceptors (Lipinski definition) is 2. The van der Waals surface area contributed by atoms with Gasteiger partial charge in [-0.2, -0.15) is 5.26 Å². The molecule has 0 bridgehead atoms. The Morgan fingerprint density at radius 2 is 2.00 bits per heavy atom. The molecular weight excluding hydrogens is 200 g/mol. The first-order chi connectivity index (χ1) is 7.53. The number of hydrogen-bond donors (Lipinski definition) is 1. The first kappa shape index (κ1) is 12.3. The molecule has 16 heavy (non-hydrogen) atoms. The smallest absolute Gasteiger partial charge is 0.221 e. The van der Waals surface area contributed by atoms with Gasteiger partial charge in [-0.05, 0) is 25.8 Å². The number of aryl methyl sites for hydroxylation is 1. The molecule has 0 fully saturated rings. The van der Waals surface area contributed by atoms with Crippen LogP contribution in [0.15, 0.2) is 30.3 Å². The molecule has 3 heteroatoms. The van der Waals surface area contributed by atoms with Gasteiger partial charge < -0.3 is 5.32 Å². The van der Waals surface area contributed by atoms with E-state index in [-0.39, 0.29) is 5.91 Å².